The fraction of sp³-hybridized carbons (Fsp3) is 0.438. The van der Waals surface area contributed by atoms with Gasteiger partial charge in [0.2, 0.25) is 0 Å². The van der Waals surface area contributed by atoms with Gasteiger partial charge in [-0.25, -0.2) is 0 Å². The zero-order valence-electron chi connectivity index (χ0n) is 14.6. The summed E-state index contributed by atoms with van der Waals surface area (Å²) in [6, 6.07) is 2.66. The molecule has 1 aromatic rings. The molecule has 0 aromatic heterocycles. The van der Waals surface area contributed by atoms with E-state index in [-0.39, 0.29) is 35.1 Å². The van der Waals surface area contributed by atoms with Crippen molar-refractivity contribution >= 4 is 29.4 Å². The van der Waals surface area contributed by atoms with Crippen LogP contribution in [0.15, 0.2) is 12.1 Å². The van der Waals surface area contributed by atoms with E-state index in [4.69, 9.17) is 36.7 Å². The second kappa shape index (κ2) is 9.25. The van der Waals surface area contributed by atoms with E-state index in [2.05, 4.69) is 5.32 Å². The first-order valence-corrected chi connectivity index (χ1v) is 7.81. The van der Waals surface area contributed by atoms with Crippen molar-refractivity contribution in [2.75, 3.05) is 27.4 Å². The number of primary amides is 1. The molecule has 0 fully saturated rings. The third kappa shape index (κ3) is 6.08. The van der Waals surface area contributed by atoms with Gasteiger partial charge in [-0.15, -0.1) is 0 Å². The summed E-state index contributed by atoms with van der Waals surface area (Å²) in [6.45, 7) is 1.13. The summed E-state index contributed by atoms with van der Waals surface area (Å²) in [7, 11) is 2.74. The molecule has 10 heteroatoms. The molecule has 2 amide bonds. The fourth-order valence-electron chi connectivity index (χ4n) is 2.26. The summed E-state index contributed by atoms with van der Waals surface area (Å²) < 4.78 is 15.3. The number of carboxylic acid groups (broad SMARTS) is 1. The number of ether oxygens (including phenoxy) is 3. The molecule has 144 valence electrons. The lowest BCUT2D eigenvalue weighted by Gasteiger charge is -2.28. The van der Waals surface area contributed by atoms with Gasteiger partial charge in [0.1, 0.15) is 0 Å². The summed E-state index contributed by atoms with van der Waals surface area (Å²) in [5, 5.41) is 11.7. The lowest BCUT2D eigenvalue weighted by molar-refractivity contribution is -0.139. The molecular weight excluding hydrogens is 368 g/mol. The van der Waals surface area contributed by atoms with Crippen LogP contribution in [0.3, 0.4) is 0 Å². The summed E-state index contributed by atoms with van der Waals surface area (Å²) in [5.41, 5.74) is 4.02. The van der Waals surface area contributed by atoms with Gasteiger partial charge in [0.05, 0.1) is 30.7 Å². The Morgan fingerprint density at radius 1 is 1.31 bits per heavy atom. The summed E-state index contributed by atoms with van der Waals surface area (Å²) in [4.78, 5) is 34.4. The first-order valence-electron chi connectivity index (χ1n) is 7.43. The molecule has 0 aliphatic rings. The minimum Gasteiger partial charge on any atom is -0.493 e. The van der Waals surface area contributed by atoms with E-state index in [9.17, 15) is 14.4 Å². The van der Waals surface area contributed by atoms with Gasteiger partial charge in [-0.2, -0.15) is 0 Å². The van der Waals surface area contributed by atoms with Crippen molar-refractivity contribution in [2.24, 2.45) is 5.73 Å². The monoisotopic (exact) mass is 388 g/mol. The average molecular weight is 389 g/mol. The molecule has 26 heavy (non-hydrogen) atoms. The number of hydrogen-bond donors (Lipinski definition) is 3. The van der Waals surface area contributed by atoms with Gasteiger partial charge in [0.25, 0.3) is 11.8 Å². The van der Waals surface area contributed by atoms with Gasteiger partial charge in [-0.1, -0.05) is 11.6 Å². The number of carbonyl (C=O) groups is 3. The van der Waals surface area contributed by atoms with Crippen molar-refractivity contribution in [2.45, 2.75) is 18.9 Å². The highest BCUT2D eigenvalue weighted by Crippen LogP contribution is 2.36. The normalized spacial score (nSPS) is 12.8. The summed E-state index contributed by atoms with van der Waals surface area (Å²) in [6.07, 6.45) is -0.336. The van der Waals surface area contributed by atoms with E-state index in [1.807, 2.05) is 0 Å². The van der Waals surface area contributed by atoms with Crippen LogP contribution in [0.1, 0.15) is 23.7 Å². The van der Waals surface area contributed by atoms with Crippen LogP contribution >= 0.6 is 11.6 Å². The zero-order chi connectivity index (χ0) is 19.9. The molecule has 0 bridgehead atoms. The molecule has 1 unspecified atom stereocenters. The van der Waals surface area contributed by atoms with Crippen LogP contribution in [0.25, 0.3) is 0 Å². The maximum absolute atomic E-state index is 12.5. The minimum atomic E-state index is -1.13. The summed E-state index contributed by atoms with van der Waals surface area (Å²) in [5.74, 6) is -2.18. The topological polar surface area (TPSA) is 137 Å². The largest absolute Gasteiger partial charge is 0.493 e. The molecular formula is C16H21ClN2O7. The van der Waals surface area contributed by atoms with Gasteiger partial charge >= 0.3 is 5.97 Å². The van der Waals surface area contributed by atoms with Crippen molar-refractivity contribution in [3.05, 3.63) is 22.7 Å². The first kappa shape index (κ1) is 21.5. The number of carbonyl (C=O) groups excluding carboxylic acids is 2. The first-order chi connectivity index (χ1) is 12.1. The Bertz CT molecular complexity index is 695. The van der Waals surface area contributed by atoms with Crippen LogP contribution < -0.4 is 20.5 Å². The number of halogens is 1. The smallest absolute Gasteiger partial charge is 0.305 e. The van der Waals surface area contributed by atoms with Crippen LogP contribution in [0.4, 0.5) is 0 Å². The summed E-state index contributed by atoms with van der Waals surface area (Å²) >= 11 is 6.10. The Kier molecular flexibility index (Phi) is 7.66. The second-order valence-electron chi connectivity index (χ2n) is 5.76. The lowest BCUT2D eigenvalue weighted by Crippen LogP contribution is -2.50. The maximum Gasteiger partial charge on any atom is 0.305 e. The van der Waals surface area contributed by atoms with Gasteiger partial charge in [-0.3, -0.25) is 14.4 Å². The van der Waals surface area contributed by atoms with Crippen LogP contribution in [0.2, 0.25) is 5.02 Å². The molecule has 0 aliphatic carbocycles. The molecule has 0 saturated heterocycles. The predicted octanol–water partition coefficient (Wildman–Crippen LogP) is 0.822. The van der Waals surface area contributed by atoms with Crippen molar-refractivity contribution in [1.29, 1.82) is 0 Å². The van der Waals surface area contributed by atoms with Gasteiger partial charge < -0.3 is 30.4 Å². The molecule has 1 rings (SSSR count). The number of hydrogen-bond acceptors (Lipinski definition) is 6. The van der Waals surface area contributed by atoms with Crippen LogP contribution in [-0.4, -0.2) is 55.9 Å². The third-order valence-electron chi connectivity index (χ3n) is 3.27. The molecule has 0 saturated carbocycles. The van der Waals surface area contributed by atoms with Crippen LogP contribution in [0.5, 0.6) is 11.5 Å². The van der Waals surface area contributed by atoms with E-state index < -0.39 is 29.9 Å². The van der Waals surface area contributed by atoms with Crippen LogP contribution in [-0.2, 0) is 14.3 Å². The van der Waals surface area contributed by atoms with E-state index in [0.29, 0.717) is 0 Å². The minimum absolute atomic E-state index is 0.00425. The Labute approximate surface area is 155 Å². The number of nitrogens with one attached hydrogen (secondary N) is 1. The van der Waals surface area contributed by atoms with Crippen molar-refractivity contribution in [3.63, 3.8) is 0 Å². The van der Waals surface area contributed by atoms with Gasteiger partial charge in [0.15, 0.2) is 18.1 Å². The van der Waals surface area contributed by atoms with E-state index in [1.54, 1.807) is 6.92 Å². The highest BCUT2D eigenvalue weighted by molar-refractivity contribution is 6.32. The van der Waals surface area contributed by atoms with Gasteiger partial charge in [0, 0.05) is 12.7 Å². The quantitative estimate of drug-likeness (QED) is 0.539. The van der Waals surface area contributed by atoms with Crippen molar-refractivity contribution in [3.8, 4) is 11.5 Å². The molecule has 1 atom stereocenters. The number of carboxylic acids is 1. The number of benzene rings is 1. The van der Waals surface area contributed by atoms with Crippen molar-refractivity contribution in [1.82, 2.24) is 5.32 Å². The molecule has 0 aliphatic heterocycles. The molecule has 0 heterocycles. The SMILES string of the molecule is COCC(C)(CC(=O)O)NC(=O)c1cc(Cl)c(OCC(N)=O)c(OC)c1. The number of rotatable bonds is 10. The molecule has 1 aromatic carbocycles. The third-order valence-corrected chi connectivity index (χ3v) is 3.55. The van der Waals surface area contributed by atoms with E-state index in [0.717, 1.165) is 0 Å². The Hall–Kier alpha value is -2.52. The molecule has 0 radical (unpaired) electrons. The highest BCUT2D eigenvalue weighted by atomic mass is 35.5. The Morgan fingerprint density at radius 2 is 1.96 bits per heavy atom. The Balaban J connectivity index is 3.10. The number of amides is 2. The number of methoxy groups -OCH3 is 2. The molecule has 0 spiro atoms. The average Bonchev–Trinajstić information content (AvgIpc) is 2.51. The lowest BCUT2D eigenvalue weighted by atomic mass is 9.98. The number of nitrogens with two attached hydrogens (primary N) is 1. The maximum atomic E-state index is 12.5. The fourth-order valence-corrected chi connectivity index (χ4v) is 2.53. The van der Waals surface area contributed by atoms with E-state index in [1.165, 1.54) is 26.4 Å². The van der Waals surface area contributed by atoms with Gasteiger partial charge in [-0.05, 0) is 19.1 Å². The second-order valence-corrected chi connectivity index (χ2v) is 6.17. The Morgan fingerprint density at radius 3 is 2.46 bits per heavy atom. The predicted molar refractivity (Wildman–Crippen MR) is 92.7 cm³/mol. The molecule has 4 N–H and O–H groups in total. The number of aliphatic carboxylic acids is 1. The van der Waals surface area contributed by atoms with Crippen molar-refractivity contribution < 1.29 is 33.7 Å². The molecule has 9 nitrogen and oxygen atoms in total. The van der Waals surface area contributed by atoms with E-state index >= 15 is 0 Å². The highest BCUT2D eigenvalue weighted by Gasteiger charge is 2.30. The zero-order valence-corrected chi connectivity index (χ0v) is 15.4. The standard InChI is InChI=1S/C16H21ClN2O7/c1-16(8-24-2,6-13(21)22)19-15(23)9-4-10(17)14(11(5-9)25-3)26-7-12(18)20/h4-5H,6-8H2,1-3H3,(H2,18,20)(H,19,23)(H,21,22). The van der Waals surface area contributed by atoms with Crippen LogP contribution in [0, 0.1) is 0 Å².